The number of hydrogen-bond donors (Lipinski definition) is 3. The van der Waals surface area contributed by atoms with Gasteiger partial charge in [0.2, 0.25) is 0 Å². The second-order valence-electron chi connectivity index (χ2n) is 7.43. The molecule has 2 saturated carbocycles. The molecule has 5 heteroatoms. The largest absolute Gasteiger partial charge is 0.507 e. The summed E-state index contributed by atoms with van der Waals surface area (Å²) in [5.74, 6) is -2.62. The monoisotopic (exact) mass is 346 g/mol. The molecule has 2 aliphatic carbocycles. The number of carboxylic acid groups (broad SMARTS) is 2. The standard InChI is InChI=1S/C20H26O5/c21-18-16(13-9-5-2-6-10-13)14(12-7-3-1-4-8-12)11-15(19(22)23)17(18)20(24)25/h11-13,21H,1-10H2,(H,22,23)(H,24,25). The predicted molar refractivity (Wildman–Crippen MR) is 93.7 cm³/mol. The lowest BCUT2D eigenvalue weighted by atomic mass is 9.74. The smallest absolute Gasteiger partial charge is 0.340 e. The Kier molecular flexibility index (Phi) is 5.30. The van der Waals surface area contributed by atoms with Gasteiger partial charge in [0.15, 0.2) is 0 Å². The highest BCUT2D eigenvalue weighted by atomic mass is 16.4. The average Bonchev–Trinajstić information content (AvgIpc) is 2.61. The third kappa shape index (κ3) is 3.51. The van der Waals surface area contributed by atoms with Gasteiger partial charge in [-0.3, -0.25) is 0 Å². The van der Waals surface area contributed by atoms with Crippen molar-refractivity contribution < 1.29 is 24.9 Å². The number of benzene rings is 1. The number of aromatic carboxylic acids is 2. The van der Waals surface area contributed by atoms with Crippen LogP contribution >= 0.6 is 0 Å². The van der Waals surface area contributed by atoms with Crippen LogP contribution in [0.1, 0.15) is 108 Å². The summed E-state index contributed by atoms with van der Waals surface area (Å²) in [6.45, 7) is 0. The van der Waals surface area contributed by atoms with Gasteiger partial charge in [-0.2, -0.15) is 0 Å². The number of hydrogen-bond acceptors (Lipinski definition) is 3. The minimum Gasteiger partial charge on any atom is -0.507 e. The van der Waals surface area contributed by atoms with Crippen LogP contribution in [-0.4, -0.2) is 27.3 Å². The van der Waals surface area contributed by atoms with Gasteiger partial charge < -0.3 is 15.3 Å². The molecule has 2 aliphatic rings. The topological polar surface area (TPSA) is 94.8 Å². The highest BCUT2D eigenvalue weighted by molar-refractivity contribution is 6.04. The zero-order chi connectivity index (χ0) is 18.0. The quantitative estimate of drug-likeness (QED) is 0.722. The van der Waals surface area contributed by atoms with Crippen molar-refractivity contribution in [1.82, 2.24) is 0 Å². The maximum absolute atomic E-state index is 11.6. The summed E-state index contributed by atoms with van der Waals surface area (Å²) in [5, 5.41) is 29.8. The summed E-state index contributed by atoms with van der Waals surface area (Å²) < 4.78 is 0. The molecule has 0 saturated heterocycles. The molecular weight excluding hydrogens is 320 g/mol. The van der Waals surface area contributed by atoms with Crippen LogP contribution in [0.5, 0.6) is 5.75 Å². The number of rotatable bonds is 4. The minimum absolute atomic E-state index is 0.131. The SMILES string of the molecule is O=C(O)c1cc(C2CCCCC2)c(C2CCCCC2)c(O)c1C(=O)O. The van der Waals surface area contributed by atoms with E-state index in [0.29, 0.717) is 5.56 Å². The fourth-order valence-corrected chi connectivity index (χ4v) is 4.66. The van der Waals surface area contributed by atoms with Crippen LogP contribution < -0.4 is 0 Å². The lowest BCUT2D eigenvalue weighted by Gasteiger charge is -2.31. The number of carbonyl (C=O) groups is 2. The van der Waals surface area contributed by atoms with Gasteiger partial charge in [-0.05, 0) is 49.1 Å². The summed E-state index contributed by atoms with van der Waals surface area (Å²) >= 11 is 0. The van der Waals surface area contributed by atoms with Gasteiger partial charge in [-0.1, -0.05) is 38.5 Å². The molecule has 5 nitrogen and oxygen atoms in total. The molecule has 1 aromatic rings. The lowest BCUT2D eigenvalue weighted by Crippen LogP contribution is -2.17. The van der Waals surface area contributed by atoms with Gasteiger partial charge in [0.05, 0.1) is 5.56 Å². The van der Waals surface area contributed by atoms with E-state index < -0.39 is 17.5 Å². The number of carboxylic acids is 2. The summed E-state index contributed by atoms with van der Waals surface area (Å²) in [4.78, 5) is 23.3. The Morgan fingerprint density at radius 2 is 1.32 bits per heavy atom. The van der Waals surface area contributed by atoms with Crippen LogP contribution in [0.25, 0.3) is 0 Å². The van der Waals surface area contributed by atoms with Gasteiger partial charge >= 0.3 is 11.9 Å². The zero-order valence-corrected chi connectivity index (χ0v) is 14.5. The first kappa shape index (κ1) is 17.8. The van der Waals surface area contributed by atoms with E-state index in [-0.39, 0.29) is 23.1 Å². The molecule has 136 valence electrons. The lowest BCUT2D eigenvalue weighted by molar-refractivity contribution is 0.0648. The Morgan fingerprint density at radius 1 is 0.800 bits per heavy atom. The van der Waals surface area contributed by atoms with Crippen molar-refractivity contribution >= 4 is 11.9 Å². The molecule has 0 radical (unpaired) electrons. The Hall–Kier alpha value is -2.04. The van der Waals surface area contributed by atoms with Crippen molar-refractivity contribution in [3.63, 3.8) is 0 Å². The molecular formula is C20H26O5. The normalized spacial score (nSPS) is 19.7. The van der Waals surface area contributed by atoms with Crippen LogP contribution in [0.3, 0.4) is 0 Å². The fourth-order valence-electron chi connectivity index (χ4n) is 4.66. The number of phenols is 1. The highest BCUT2D eigenvalue weighted by Gasteiger charge is 2.32. The Morgan fingerprint density at radius 3 is 1.80 bits per heavy atom. The Labute approximate surface area is 147 Å². The van der Waals surface area contributed by atoms with E-state index in [1.807, 2.05) is 0 Å². The predicted octanol–water partition coefficient (Wildman–Crippen LogP) is 4.88. The molecule has 1 aromatic carbocycles. The van der Waals surface area contributed by atoms with E-state index in [9.17, 15) is 24.9 Å². The summed E-state index contributed by atoms with van der Waals surface area (Å²) in [5.41, 5.74) is 0.860. The molecule has 0 amide bonds. The van der Waals surface area contributed by atoms with E-state index in [2.05, 4.69) is 0 Å². The van der Waals surface area contributed by atoms with Crippen molar-refractivity contribution in [3.8, 4) is 5.75 Å². The average molecular weight is 346 g/mol. The molecule has 0 bridgehead atoms. The second kappa shape index (κ2) is 7.46. The maximum atomic E-state index is 11.6. The molecule has 3 N–H and O–H groups in total. The number of aromatic hydroxyl groups is 1. The molecule has 2 fully saturated rings. The van der Waals surface area contributed by atoms with Gasteiger partial charge in [0, 0.05) is 5.56 Å². The van der Waals surface area contributed by atoms with Crippen molar-refractivity contribution in [2.75, 3.05) is 0 Å². The fraction of sp³-hybridized carbons (Fsp3) is 0.600. The van der Waals surface area contributed by atoms with E-state index in [1.165, 1.54) is 6.42 Å². The summed E-state index contributed by atoms with van der Waals surface area (Å²) in [7, 11) is 0. The maximum Gasteiger partial charge on any atom is 0.340 e. The Balaban J connectivity index is 2.18. The molecule has 0 unspecified atom stereocenters. The van der Waals surface area contributed by atoms with Gasteiger partial charge in [-0.25, -0.2) is 9.59 Å². The van der Waals surface area contributed by atoms with E-state index >= 15 is 0 Å². The van der Waals surface area contributed by atoms with Gasteiger partial charge in [0.25, 0.3) is 0 Å². The molecule has 0 atom stereocenters. The summed E-state index contributed by atoms with van der Waals surface area (Å²) in [6, 6.07) is 1.55. The molecule has 0 aromatic heterocycles. The van der Waals surface area contributed by atoms with Crippen molar-refractivity contribution in [1.29, 1.82) is 0 Å². The van der Waals surface area contributed by atoms with Crippen LogP contribution in [0.2, 0.25) is 0 Å². The molecule has 0 spiro atoms. The van der Waals surface area contributed by atoms with Crippen LogP contribution in [0.15, 0.2) is 6.07 Å². The van der Waals surface area contributed by atoms with E-state index in [4.69, 9.17) is 0 Å². The van der Waals surface area contributed by atoms with E-state index in [0.717, 1.165) is 63.4 Å². The van der Waals surface area contributed by atoms with Gasteiger partial charge in [-0.15, -0.1) is 0 Å². The molecule has 3 rings (SSSR count). The highest BCUT2D eigenvalue weighted by Crippen LogP contribution is 2.46. The first-order valence-electron chi connectivity index (χ1n) is 9.37. The van der Waals surface area contributed by atoms with Crippen molar-refractivity contribution in [2.45, 2.75) is 76.0 Å². The van der Waals surface area contributed by atoms with Crippen molar-refractivity contribution in [3.05, 3.63) is 28.3 Å². The first-order chi connectivity index (χ1) is 12.0. The third-order valence-electron chi connectivity index (χ3n) is 5.87. The van der Waals surface area contributed by atoms with Crippen molar-refractivity contribution in [2.24, 2.45) is 0 Å². The van der Waals surface area contributed by atoms with Gasteiger partial charge in [0.1, 0.15) is 11.3 Å². The third-order valence-corrected chi connectivity index (χ3v) is 5.87. The molecule has 0 aliphatic heterocycles. The first-order valence-corrected chi connectivity index (χ1v) is 9.37. The van der Waals surface area contributed by atoms with Crippen LogP contribution in [0, 0.1) is 0 Å². The minimum atomic E-state index is -1.37. The van der Waals surface area contributed by atoms with Crippen LogP contribution in [-0.2, 0) is 0 Å². The summed E-state index contributed by atoms with van der Waals surface area (Å²) in [6.07, 6.45) is 10.5. The Bertz CT molecular complexity index is 667. The van der Waals surface area contributed by atoms with E-state index in [1.54, 1.807) is 6.07 Å². The molecule has 25 heavy (non-hydrogen) atoms. The van der Waals surface area contributed by atoms with Crippen LogP contribution in [0.4, 0.5) is 0 Å². The zero-order valence-electron chi connectivity index (χ0n) is 14.5. The molecule has 0 heterocycles. The second-order valence-corrected chi connectivity index (χ2v) is 7.43.